The predicted octanol–water partition coefficient (Wildman–Crippen LogP) is 4.52. The van der Waals surface area contributed by atoms with Crippen molar-refractivity contribution in [3.63, 3.8) is 0 Å². The largest absolute Gasteiger partial charge is 0.369 e. The fraction of sp³-hybridized carbons (Fsp3) is 0.280. The third-order valence-corrected chi connectivity index (χ3v) is 6.11. The molecule has 1 saturated heterocycles. The van der Waals surface area contributed by atoms with E-state index in [4.69, 9.17) is 4.98 Å². The fourth-order valence-corrected chi connectivity index (χ4v) is 4.07. The molecule has 5 rings (SSSR count). The van der Waals surface area contributed by atoms with E-state index in [1.54, 1.807) is 0 Å². The molecule has 2 N–H and O–H groups in total. The highest BCUT2D eigenvalue weighted by Gasteiger charge is 2.14. The Balaban J connectivity index is 1.30. The normalized spacial score (nSPS) is 14.7. The molecule has 1 aliphatic heterocycles. The summed E-state index contributed by atoms with van der Waals surface area (Å²) in [5.41, 5.74) is 5.44. The summed E-state index contributed by atoms with van der Waals surface area (Å²) in [6.07, 6.45) is 3.92. The van der Waals surface area contributed by atoms with Crippen LogP contribution in [0.3, 0.4) is 0 Å². The fourth-order valence-electron chi connectivity index (χ4n) is 4.07. The van der Waals surface area contributed by atoms with Crippen molar-refractivity contribution in [3.05, 3.63) is 66.5 Å². The van der Waals surface area contributed by atoms with Crippen molar-refractivity contribution in [3.8, 4) is 0 Å². The molecular weight excluding hydrogens is 398 g/mol. The minimum absolute atomic E-state index is 0.575. The number of anilines is 5. The van der Waals surface area contributed by atoms with Gasteiger partial charge in [-0.2, -0.15) is 4.98 Å². The van der Waals surface area contributed by atoms with E-state index in [0.29, 0.717) is 5.95 Å². The number of fused-ring (bicyclic) bond motifs is 1. The standard InChI is InChI=1S/C25H29N7/c1-18-17-26-25(28-20-4-7-22(8-5-20)32-14-12-30(2)13-15-32)29-24(18)27-21-6-9-23-19(16-21)10-11-31(23)3/h4-11,16-17H,12-15H2,1-3H3,(H2,26,27,28,29). The van der Waals surface area contributed by atoms with Gasteiger partial charge in [0.1, 0.15) is 5.82 Å². The van der Waals surface area contributed by atoms with Crippen LogP contribution in [0.2, 0.25) is 0 Å². The Kier molecular flexibility index (Phi) is 5.41. The Morgan fingerprint density at radius 3 is 2.38 bits per heavy atom. The summed E-state index contributed by atoms with van der Waals surface area (Å²) in [4.78, 5) is 14.0. The Hall–Kier alpha value is -3.58. The molecule has 164 valence electrons. The molecule has 0 aliphatic carbocycles. The highest BCUT2D eigenvalue weighted by molar-refractivity contribution is 5.84. The Morgan fingerprint density at radius 2 is 1.59 bits per heavy atom. The molecule has 0 atom stereocenters. The van der Waals surface area contributed by atoms with E-state index in [2.05, 4.69) is 98.8 Å². The van der Waals surface area contributed by atoms with Crippen LogP contribution in [-0.2, 0) is 7.05 Å². The highest BCUT2D eigenvalue weighted by Crippen LogP contribution is 2.25. The van der Waals surface area contributed by atoms with Crippen LogP contribution in [0, 0.1) is 6.92 Å². The van der Waals surface area contributed by atoms with Gasteiger partial charge in [0.25, 0.3) is 0 Å². The Morgan fingerprint density at radius 1 is 0.844 bits per heavy atom. The first-order valence-electron chi connectivity index (χ1n) is 11.0. The van der Waals surface area contributed by atoms with Gasteiger partial charge in [0.15, 0.2) is 0 Å². The Bertz CT molecular complexity index is 1220. The second-order valence-electron chi connectivity index (χ2n) is 8.51. The van der Waals surface area contributed by atoms with Crippen LogP contribution in [0.15, 0.2) is 60.9 Å². The van der Waals surface area contributed by atoms with Crippen molar-refractivity contribution < 1.29 is 0 Å². The molecule has 32 heavy (non-hydrogen) atoms. The van der Waals surface area contributed by atoms with Gasteiger partial charge >= 0.3 is 0 Å². The molecule has 2 aromatic heterocycles. The number of rotatable bonds is 5. The third kappa shape index (κ3) is 4.24. The van der Waals surface area contributed by atoms with Gasteiger partial charge in [-0.3, -0.25) is 0 Å². The topological polar surface area (TPSA) is 61.3 Å². The van der Waals surface area contributed by atoms with E-state index in [9.17, 15) is 0 Å². The maximum atomic E-state index is 4.71. The van der Waals surface area contributed by atoms with Crippen LogP contribution in [0.5, 0.6) is 0 Å². The lowest BCUT2D eigenvalue weighted by molar-refractivity contribution is 0.313. The molecule has 1 fully saturated rings. The van der Waals surface area contributed by atoms with Crippen LogP contribution >= 0.6 is 0 Å². The lowest BCUT2D eigenvalue weighted by atomic mass is 10.2. The molecule has 1 aliphatic rings. The molecular formula is C25H29N7. The van der Waals surface area contributed by atoms with Crippen molar-refractivity contribution in [2.24, 2.45) is 7.05 Å². The number of hydrogen-bond acceptors (Lipinski definition) is 6. The number of aromatic nitrogens is 3. The maximum absolute atomic E-state index is 4.71. The molecule has 0 bridgehead atoms. The number of piperazine rings is 1. The monoisotopic (exact) mass is 427 g/mol. The zero-order valence-electron chi connectivity index (χ0n) is 18.8. The molecule has 4 aromatic rings. The lowest BCUT2D eigenvalue weighted by Crippen LogP contribution is -2.44. The zero-order chi connectivity index (χ0) is 22.1. The SMILES string of the molecule is Cc1cnc(Nc2ccc(N3CCN(C)CC3)cc2)nc1Nc1ccc2c(ccn2C)c1. The minimum Gasteiger partial charge on any atom is -0.369 e. The lowest BCUT2D eigenvalue weighted by Gasteiger charge is -2.34. The molecule has 2 aromatic carbocycles. The van der Waals surface area contributed by atoms with Crippen LogP contribution in [0.4, 0.5) is 28.8 Å². The van der Waals surface area contributed by atoms with E-state index in [1.807, 2.05) is 13.1 Å². The maximum Gasteiger partial charge on any atom is 0.229 e. The van der Waals surface area contributed by atoms with Gasteiger partial charge < -0.3 is 25.0 Å². The molecule has 3 heterocycles. The van der Waals surface area contributed by atoms with Crippen molar-refractivity contribution in [1.29, 1.82) is 0 Å². The summed E-state index contributed by atoms with van der Waals surface area (Å²) in [5.74, 6) is 1.37. The van der Waals surface area contributed by atoms with E-state index >= 15 is 0 Å². The van der Waals surface area contributed by atoms with Gasteiger partial charge in [0.2, 0.25) is 5.95 Å². The van der Waals surface area contributed by atoms with Gasteiger partial charge in [-0.05, 0) is 62.5 Å². The summed E-state index contributed by atoms with van der Waals surface area (Å²) >= 11 is 0. The third-order valence-electron chi connectivity index (χ3n) is 6.11. The predicted molar refractivity (Wildman–Crippen MR) is 132 cm³/mol. The van der Waals surface area contributed by atoms with Crippen molar-refractivity contribution >= 4 is 39.7 Å². The van der Waals surface area contributed by atoms with Gasteiger partial charge in [-0.25, -0.2) is 4.98 Å². The second kappa shape index (κ2) is 8.51. The van der Waals surface area contributed by atoms with E-state index in [1.165, 1.54) is 16.6 Å². The number of nitrogens with one attached hydrogen (secondary N) is 2. The number of hydrogen-bond donors (Lipinski definition) is 2. The van der Waals surface area contributed by atoms with E-state index < -0.39 is 0 Å². The van der Waals surface area contributed by atoms with Crippen LogP contribution in [0.1, 0.15) is 5.56 Å². The Labute approximate surface area is 188 Å². The average Bonchev–Trinajstić information content (AvgIpc) is 3.17. The van der Waals surface area contributed by atoms with Crippen molar-refractivity contribution in [1.82, 2.24) is 19.4 Å². The van der Waals surface area contributed by atoms with E-state index in [-0.39, 0.29) is 0 Å². The molecule has 7 nitrogen and oxygen atoms in total. The smallest absolute Gasteiger partial charge is 0.229 e. The summed E-state index contributed by atoms with van der Waals surface area (Å²) in [7, 11) is 4.23. The zero-order valence-corrected chi connectivity index (χ0v) is 18.8. The average molecular weight is 428 g/mol. The number of likely N-dealkylation sites (N-methyl/N-ethyl adjacent to an activating group) is 1. The van der Waals surface area contributed by atoms with E-state index in [0.717, 1.165) is 48.9 Å². The quantitative estimate of drug-likeness (QED) is 0.489. The number of benzene rings is 2. The number of aryl methyl sites for hydroxylation is 2. The molecule has 0 saturated carbocycles. The first-order valence-corrected chi connectivity index (χ1v) is 11.0. The second-order valence-corrected chi connectivity index (χ2v) is 8.51. The summed E-state index contributed by atoms with van der Waals surface area (Å²) in [5, 5.41) is 7.98. The summed E-state index contributed by atoms with van der Waals surface area (Å²) < 4.78 is 2.12. The van der Waals surface area contributed by atoms with Crippen molar-refractivity contribution in [2.45, 2.75) is 6.92 Å². The van der Waals surface area contributed by atoms with Gasteiger partial charge in [-0.1, -0.05) is 0 Å². The van der Waals surface area contributed by atoms with Gasteiger partial charge in [0, 0.05) is 79.1 Å². The summed E-state index contributed by atoms with van der Waals surface area (Å²) in [6.45, 7) is 6.34. The number of nitrogens with zero attached hydrogens (tertiary/aromatic N) is 5. The van der Waals surface area contributed by atoms with Gasteiger partial charge in [0.05, 0.1) is 0 Å². The molecule has 0 amide bonds. The molecule has 0 radical (unpaired) electrons. The van der Waals surface area contributed by atoms with Crippen LogP contribution in [0.25, 0.3) is 10.9 Å². The molecule has 0 unspecified atom stereocenters. The summed E-state index contributed by atoms with van der Waals surface area (Å²) in [6, 6.07) is 17.0. The first-order chi connectivity index (χ1) is 15.5. The van der Waals surface area contributed by atoms with Crippen molar-refractivity contribution in [2.75, 3.05) is 48.8 Å². The van der Waals surface area contributed by atoms with Crippen LogP contribution in [-0.4, -0.2) is 52.7 Å². The minimum atomic E-state index is 0.575. The van der Waals surface area contributed by atoms with Crippen LogP contribution < -0.4 is 15.5 Å². The first kappa shape index (κ1) is 20.3. The highest BCUT2D eigenvalue weighted by atomic mass is 15.2. The molecule has 7 heteroatoms. The molecule has 0 spiro atoms. The van der Waals surface area contributed by atoms with Gasteiger partial charge in [-0.15, -0.1) is 0 Å².